The van der Waals surface area contributed by atoms with Crippen molar-refractivity contribution in [2.75, 3.05) is 29.6 Å². The maximum absolute atomic E-state index is 5.58. The Labute approximate surface area is 108 Å². The maximum atomic E-state index is 5.58. The van der Waals surface area contributed by atoms with Gasteiger partial charge in [-0.1, -0.05) is 12.8 Å². The van der Waals surface area contributed by atoms with Gasteiger partial charge in [0, 0.05) is 18.3 Å². The summed E-state index contributed by atoms with van der Waals surface area (Å²) in [7, 11) is 0. The fraction of sp³-hybridized carbons (Fsp3) is 0.667. The molecule has 0 unspecified atom stereocenters. The molecule has 0 aliphatic carbocycles. The van der Waals surface area contributed by atoms with Crippen molar-refractivity contribution in [3.05, 3.63) is 11.8 Å². The number of nitrogen functional groups attached to an aromatic ring is 1. The van der Waals surface area contributed by atoms with Crippen molar-refractivity contribution >= 4 is 23.5 Å². The third kappa shape index (κ3) is 6.36. The summed E-state index contributed by atoms with van der Waals surface area (Å²) in [6.07, 6.45) is 7.24. The molecule has 1 aromatic heterocycles. The van der Waals surface area contributed by atoms with Crippen LogP contribution in [0, 0.1) is 6.92 Å². The van der Waals surface area contributed by atoms with E-state index in [1.807, 2.05) is 24.8 Å². The first-order chi connectivity index (χ1) is 8.22. The second-order valence-electron chi connectivity index (χ2n) is 4.09. The zero-order chi connectivity index (χ0) is 12.5. The monoisotopic (exact) mass is 254 g/mol. The zero-order valence-corrected chi connectivity index (χ0v) is 11.5. The van der Waals surface area contributed by atoms with Crippen molar-refractivity contribution in [2.24, 2.45) is 0 Å². The topological polar surface area (TPSA) is 63.8 Å². The molecule has 0 spiro atoms. The van der Waals surface area contributed by atoms with Crippen LogP contribution in [-0.4, -0.2) is 28.5 Å². The molecule has 96 valence electrons. The van der Waals surface area contributed by atoms with E-state index in [1.54, 1.807) is 0 Å². The minimum absolute atomic E-state index is 0.340. The fourth-order valence-electron chi connectivity index (χ4n) is 1.62. The molecule has 17 heavy (non-hydrogen) atoms. The normalized spacial score (nSPS) is 10.5. The molecular formula is C12H22N4S. The van der Waals surface area contributed by atoms with E-state index in [1.165, 1.54) is 31.4 Å². The predicted molar refractivity (Wildman–Crippen MR) is 76.5 cm³/mol. The first kappa shape index (κ1) is 14.1. The van der Waals surface area contributed by atoms with Crippen molar-refractivity contribution in [1.29, 1.82) is 0 Å². The van der Waals surface area contributed by atoms with Crippen LogP contribution < -0.4 is 11.1 Å². The van der Waals surface area contributed by atoms with Crippen LogP contribution in [0.3, 0.4) is 0 Å². The van der Waals surface area contributed by atoms with Gasteiger partial charge in [0.1, 0.15) is 5.82 Å². The third-order valence-corrected chi connectivity index (χ3v) is 3.15. The van der Waals surface area contributed by atoms with Gasteiger partial charge in [-0.25, -0.2) is 4.98 Å². The number of hydrogen-bond donors (Lipinski definition) is 2. The van der Waals surface area contributed by atoms with E-state index in [0.29, 0.717) is 5.95 Å². The number of aromatic nitrogens is 2. The largest absolute Gasteiger partial charge is 0.370 e. The highest BCUT2D eigenvalue weighted by Crippen LogP contribution is 2.08. The van der Waals surface area contributed by atoms with Gasteiger partial charge in [0.15, 0.2) is 0 Å². The van der Waals surface area contributed by atoms with Crippen LogP contribution in [0.5, 0.6) is 0 Å². The van der Waals surface area contributed by atoms with Gasteiger partial charge in [0.25, 0.3) is 0 Å². The molecule has 0 aliphatic heterocycles. The van der Waals surface area contributed by atoms with Crippen LogP contribution in [0.4, 0.5) is 11.8 Å². The van der Waals surface area contributed by atoms with Crippen LogP contribution in [0.15, 0.2) is 6.07 Å². The average molecular weight is 254 g/mol. The summed E-state index contributed by atoms with van der Waals surface area (Å²) >= 11 is 1.92. The SMILES string of the molecule is CSCCCCCCNc1cc(C)nc(N)n1. The summed E-state index contributed by atoms with van der Waals surface area (Å²) in [5.74, 6) is 2.45. The van der Waals surface area contributed by atoms with Crippen LogP contribution >= 0.6 is 11.8 Å². The fourth-order valence-corrected chi connectivity index (χ4v) is 2.12. The van der Waals surface area contributed by atoms with Gasteiger partial charge < -0.3 is 11.1 Å². The Balaban J connectivity index is 2.13. The Hall–Kier alpha value is -0.970. The minimum atomic E-state index is 0.340. The lowest BCUT2D eigenvalue weighted by atomic mass is 10.2. The molecule has 0 radical (unpaired) electrons. The number of rotatable bonds is 8. The van der Waals surface area contributed by atoms with E-state index < -0.39 is 0 Å². The number of nitrogens with one attached hydrogen (secondary N) is 1. The molecule has 3 N–H and O–H groups in total. The highest BCUT2D eigenvalue weighted by molar-refractivity contribution is 7.98. The first-order valence-corrected chi connectivity index (χ1v) is 7.45. The Morgan fingerprint density at radius 2 is 2.00 bits per heavy atom. The van der Waals surface area contributed by atoms with E-state index in [0.717, 1.165) is 18.1 Å². The lowest BCUT2D eigenvalue weighted by Crippen LogP contribution is -2.06. The van der Waals surface area contributed by atoms with Gasteiger partial charge in [0.2, 0.25) is 5.95 Å². The van der Waals surface area contributed by atoms with Gasteiger partial charge in [-0.2, -0.15) is 16.7 Å². The Kier molecular flexibility index (Phi) is 6.77. The smallest absolute Gasteiger partial charge is 0.222 e. The van der Waals surface area contributed by atoms with Gasteiger partial charge in [-0.3, -0.25) is 0 Å². The maximum Gasteiger partial charge on any atom is 0.222 e. The van der Waals surface area contributed by atoms with Gasteiger partial charge in [-0.05, 0) is 31.8 Å². The minimum Gasteiger partial charge on any atom is -0.370 e. The molecule has 0 saturated heterocycles. The molecule has 1 heterocycles. The summed E-state index contributed by atoms with van der Waals surface area (Å²) in [6, 6.07) is 1.92. The Bertz CT molecular complexity index is 310. The second-order valence-corrected chi connectivity index (χ2v) is 5.07. The quantitative estimate of drug-likeness (QED) is 0.698. The average Bonchev–Trinajstić information content (AvgIpc) is 2.26. The summed E-state index contributed by atoms with van der Waals surface area (Å²) in [6.45, 7) is 2.88. The molecule has 1 aromatic rings. The van der Waals surface area contributed by atoms with Crippen LogP contribution in [-0.2, 0) is 0 Å². The molecule has 4 nitrogen and oxygen atoms in total. The second kappa shape index (κ2) is 8.17. The summed E-state index contributed by atoms with van der Waals surface area (Å²) in [5, 5.41) is 3.28. The van der Waals surface area contributed by atoms with Crippen molar-refractivity contribution in [2.45, 2.75) is 32.6 Å². The van der Waals surface area contributed by atoms with Crippen LogP contribution in [0.1, 0.15) is 31.4 Å². The Morgan fingerprint density at radius 1 is 1.24 bits per heavy atom. The zero-order valence-electron chi connectivity index (χ0n) is 10.7. The molecule has 0 aliphatic rings. The van der Waals surface area contributed by atoms with Gasteiger partial charge in [0.05, 0.1) is 0 Å². The molecule has 0 fully saturated rings. The van der Waals surface area contributed by atoms with E-state index >= 15 is 0 Å². The predicted octanol–water partition coefficient (Wildman–Crippen LogP) is 2.70. The number of aryl methyl sites for hydroxylation is 1. The van der Waals surface area contributed by atoms with Gasteiger partial charge in [-0.15, -0.1) is 0 Å². The van der Waals surface area contributed by atoms with E-state index in [-0.39, 0.29) is 0 Å². The highest BCUT2D eigenvalue weighted by Gasteiger charge is 1.98. The summed E-state index contributed by atoms with van der Waals surface area (Å²) < 4.78 is 0. The van der Waals surface area contributed by atoms with Crippen molar-refractivity contribution in [3.63, 3.8) is 0 Å². The first-order valence-electron chi connectivity index (χ1n) is 6.06. The molecule has 1 rings (SSSR count). The Morgan fingerprint density at radius 3 is 2.71 bits per heavy atom. The number of thioether (sulfide) groups is 1. The number of anilines is 2. The van der Waals surface area contributed by atoms with E-state index in [9.17, 15) is 0 Å². The lowest BCUT2D eigenvalue weighted by Gasteiger charge is -2.06. The molecule has 0 saturated carbocycles. The molecule has 5 heteroatoms. The summed E-state index contributed by atoms with van der Waals surface area (Å²) in [5.41, 5.74) is 6.48. The lowest BCUT2D eigenvalue weighted by molar-refractivity contribution is 0.688. The number of nitrogens with two attached hydrogens (primary N) is 1. The number of nitrogens with zero attached hydrogens (tertiary/aromatic N) is 2. The molecule has 0 atom stereocenters. The van der Waals surface area contributed by atoms with Crippen molar-refractivity contribution in [3.8, 4) is 0 Å². The summed E-state index contributed by atoms with van der Waals surface area (Å²) in [4.78, 5) is 8.17. The number of unbranched alkanes of at least 4 members (excludes halogenated alkanes) is 3. The third-order valence-electron chi connectivity index (χ3n) is 2.45. The van der Waals surface area contributed by atoms with Crippen molar-refractivity contribution < 1.29 is 0 Å². The van der Waals surface area contributed by atoms with Crippen LogP contribution in [0.25, 0.3) is 0 Å². The van der Waals surface area contributed by atoms with E-state index in [2.05, 4.69) is 21.5 Å². The molecule has 0 aromatic carbocycles. The van der Waals surface area contributed by atoms with Crippen LogP contribution in [0.2, 0.25) is 0 Å². The van der Waals surface area contributed by atoms with E-state index in [4.69, 9.17) is 5.73 Å². The van der Waals surface area contributed by atoms with Crippen molar-refractivity contribution in [1.82, 2.24) is 9.97 Å². The van der Waals surface area contributed by atoms with Gasteiger partial charge >= 0.3 is 0 Å². The number of hydrogen-bond acceptors (Lipinski definition) is 5. The molecule has 0 amide bonds. The standard InChI is InChI=1S/C12H22N4S/c1-10-9-11(16-12(13)15-10)14-7-5-3-4-6-8-17-2/h9H,3-8H2,1-2H3,(H3,13,14,15,16). The molecular weight excluding hydrogens is 232 g/mol. The molecule has 0 bridgehead atoms. The highest BCUT2D eigenvalue weighted by atomic mass is 32.2.